The third kappa shape index (κ3) is 3.20. The van der Waals surface area contributed by atoms with E-state index >= 15 is 0 Å². The number of benzene rings is 2. The lowest BCUT2D eigenvalue weighted by Crippen LogP contribution is -2.39. The van der Waals surface area contributed by atoms with Crippen molar-refractivity contribution >= 4 is 62.3 Å². The van der Waals surface area contributed by atoms with Crippen LogP contribution in [0.25, 0.3) is 0 Å². The van der Waals surface area contributed by atoms with E-state index in [2.05, 4.69) is 151 Å². The van der Waals surface area contributed by atoms with Crippen LogP contribution in [0, 0.1) is 0 Å². The Kier molecular flexibility index (Phi) is 5.42. The molecule has 2 aliphatic rings. The summed E-state index contributed by atoms with van der Waals surface area (Å²) in [6.07, 6.45) is 2.50. The fraction of sp³-hybridized carbons (Fsp3) is 0.400. The molecule has 2 heterocycles. The molecule has 2 aromatic carbocycles. The summed E-state index contributed by atoms with van der Waals surface area (Å²) in [5.41, 5.74) is 8.48. The van der Waals surface area contributed by atoms with Crippen LogP contribution >= 0.6 is 45.2 Å². The van der Waals surface area contributed by atoms with Crippen molar-refractivity contribution in [3.8, 4) is 0 Å². The maximum absolute atomic E-state index is 2.66. The Morgan fingerprint density at radius 1 is 0.897 bits per heavy atom. The predicted octanol–water partition coefficient (Wildman–Crippen LogP) is 6.61. The summed E-state index contributed by atoms with van der Waals surface area (Å²) in [6.45, 7) is 9.44. The molecule has 4 rings (SSSR count). The van der Waals surface area contributed by atoms with Gasteiger partial charge in [0.05, 0.1) is 9.34 Å². The van der Waals surface area contributed by atoms with Crippen LogP contribution in [0.2, 0.25) is 0 Å². The molecule has 29 heavy (non-hydrogen) atoms. The molecule has 0 spiro atoms. The number of nitrogens with zero attached hydrogens (tertiary/aromatic N) is 2. The van der Waals surface area contributed by atoms with Gasteiger partial charge in [-0.15, -0.1) is 0 Å². The molecule has 2 aromatic rings. The molecule has 0 saturated carbocycles. The lowest BCUT2D eigenvalue weighted by molar-refractivity contribution is -0.403. The van der Waals surface area contributed by atoms with Gasteiger partial charge in [-0.1, -0.05) is 95.4 Å². The quantitative estimate of drug-likeness (QED) is 0.215. The first-order valence-corrected chi connectivity index (χ1v) is 12.6. The Labute approximate surface area is 202 Å². The average Bonchev–Trinajstić information content (AvgIpc) is 3.01. The van der Waals surface area contributed by atoms with E-state index in [4.69, 9.17) is 0 Å². The van der Waals surface area contributed by atoms with Gasteiger partial charge >= 0.3 is 0 Å². The second-order valence-corrected chi connectivity index (χ2v) is 12.0. The van der Waals surface area contributed by atoms with Gasteiger partial charge in [-0.25, -0.2) is 4.58 Å². The van der Waals surface area contributed by atoms with Crippen molar-refractivity contribution in [2.75, 3.05) is 19.0 Å². The fourth-order valence-corrected chi connectivity index (χ4v) is 7.28. The van der Waals surface area contributed by atoms with Gasteiger partial charge in [0, 0.05) is 35.5 Å². The van der Waals surface area contributed by atoms with Crippen LogP contribution in [0.1, 0.15) is 38.8 Å². The van der Waals surface area contributed by atoms with Gasteiger partial charge in [-0.2, -0.15) is 0 Å². The maximum atomic E-state index is 2.66. The molecule has 2 atom stereocenters. The molecule has 2 aliphatic heterocycles. The summed E-state index contributed by atoms with van der Waals surface area (Å²) in [5.74, 6) is 0. The third-order valence-corrected chi connectivity index (χ3v) is 10.6. The Balaban J connectivity index is 1.72. The van der Waals surface area contributed by atoms with Crippen LogP contribution < -0.4 is 4.90 Å². The highest BCUT2D eigenvalue weighted by molar-refractivity contribution is 14.1. The molecule has 0 amide bonds. The number of fused-ring (bicyclic) bond motifs is 2. The number of allylic oxidation sites excluding steroid dienone is 2. The Morgan fingerprint density at radius 3 is 2.10 bits per heavy atom. The maximum Gasteiger partial charge on any atom is 0.209 e. The number of hydrogen-bond acceptors (Lipinski definition) is 1. The number of hydrogen-bond donors (Lipinski definition) is 0. The minimum absolute atomic E-state index is 0.0237. The molecule has 0 saturated heterocycles. The number of rotatable bonds is 3. The lowest BCUT2D eigenvalue weighted by atomic mass is 9.79. The summed E-state index contributed by atoms with van der Waals surface area (Å²) in [6, 6.07) is 17.6. The van der Waals surface area contributed by atoms with Crippen LogP contribution in [0.4, 0.5) is 11.4 Å². The van der Waals surface area contributed by atoms with Gasteiger partial charge in [0.1, 0.15) is 11.0 Å². The normalized spacial score (nSPS) is 22.6. The van der Waals surface area contributed by atoms with Crippen LogP contribution in [0.5, 0.6) is 0 Å². The van der Waals surface area contributed by atoms with E-state index in [0.29, 0.717) is 7.85 Å². The molecule has 2 nitrogen and oxygen atoms in total. The summed E-state index contributed by atoms with van der Waals surface area (Å²) in [7, 11) is 4.44. The minimum atomic E-state index is 0.0237. The Bertz CT molecular complexity index is 1030. The van der Waals surface area contributed by atoms with Crippen LogP contribution in [0.15, 0.2) is 60.3 Å². The molecule has 0 aliphatic carbocycles. The van der Waals surface area contributed by atoms with Crippen molar-refractivity contribution in [1.29, 1.82) is 0 Å². The highest BCUT2D eigenvalue weighted by Gasteiger charge is 2.49. The summed E-state index contributed by atoms with van der Waals surface area (Å²) < 4.78 is 3.22. The van der Waals surface area contributed by atoms with E-state index in [1.54, 1.807) is 0 Å². The monoisotopic (exact) mass is 611 g/mol. The van der Waals surface area contributed by atoms with Gasteiger partial charge in [0.2, 0.25) is 5.69 Å². The standard InChI is InChI=1S/C25H29I2N2/c1-24(2)16-11-7-9-13-19(16)28(5)21(24)15-18(26)22(27)23-25(3,4)17-12-8-10-14-20(17)29(23)6/h7-15,18,22H,1-6H3/q+1/b21-15-/t18-,22+/m1/s1. The summed E-state index contributed by atoms with van der Waals surface area (Å²) in [4.78, 5) is 2.38. The number of anilines is 1. The zero-order chi connectivity index (χ0) is 21.1. The number of halogens is 2. The second-order valence-electron chi connectivity index (χ2n) is 9.19. The minimum Gasteiger partial charge on any atom is -0.347 e. The summed E-state index contributed by atoms with van der Waals surface area (Å²) in [5, 5.41) is 0. The Morgan fingerprint density at radius 2 is 1.48 bits per heavy atom. The van der Waals surface area contributed by atoms with Crippen molar-refractivity contribution in [3.05, 3.63) is 71.4 Å². The second kappa shape index (κ2) is 7.36. The predicted molar refractivity (Wildman–Crippen MR) is 142 cm³/mol. The smallest absolute Gasteiger partial charge is 0.209 e. The zero-order valence-corrected chi connectivity index (χ0v) is 22.3. The molecular weight excluding hydrogens is 582 g/mol. The van der Waals surface area contributed by atoms with Gasteiger partial charge in [-0.05, 0) is 31.6 Å². The van der Waals surface area contributed by atoms with Gasteiger partial charge in [-0.3, -0.25) is 0 Å². The topological polar surface area (TPSA) is 6.25 Å². The van der Waals surface area contributed by atoms with Crippen molar-refractivity contribution in [2.45, 2.75) is 46.4 Å². The van der Waals surface area contributed by atoms with E-state index < -0.39 is 0 Å². The molecule has 4 heteroatoms. The number of para-hydroxylation sites is 2. The molecule has 0 unspecified atom stereocenters. The SMILES string of the molecule is CN1/C(=C\[C@@H](I)[C@H](I)C2=[N+](C)c3ccccc3C2(C)C)C(C)(C)c2ccccc21. The molecule has 0 aromatic heterocycles. The van der Waals surface area contributed by atoms with Gasteiger partial charge in [0.15, 0.2) is 5.71 Å². The van der Waals surface area contributed by atoms with Crippen molar-refractivity contribution < 1.29 is 4.58 Å². The van der Waals surface area contributed by atoms with Crippen LogP contribution in [0.3, 0.4) is 0 Å². The lowest BCUT2D eigenvalue weighted by Gasteiger charge is -2.27. The Hall–Kier alpha value is -0.890. The third-order valence-electron chi connectivity index (χ3n) is 6.74. The van der Waals surface area contributed by atoms with Crippen LogP contribution in [-0.2, 0) is 10.8 Å². The van der Waals surface area contributed by atoms with Gasteiger partial charge < -0.3 is 4.90 Å². The van der Waals surface area contributed by atoms with Crippen molar-refractivity contribution in [1.82, 2.24) is 0 Å². The highest BCUT2D eigenvalue weighted by Crippen LogP contribution is 2.48. The molecule has 0 bridgehead atoms. The first-order valence-electron chi connectivity index (χ1n) is 10.1. The molecule has 0 radical (unpaired) electrons. The number of likely N-dealkylation sites (N-methyl/N-ethyl adjacent to an activating group) is 1. The van der Waals surface area contributed by atoms with E-state index in [0.717, 1.165) is 0 Å². The fourth-order valence-electron chi connectivity index (χ4n) is 5.20. The van der Waals surface area contributed by atoms with E-state index in [-0.39, 0.29) is 10.8 Å². The molecule has 152 valence electrons. The largest absolute Gasteiger partial charge is 0.347 e. The van der Waals surface area contributed by atoms with E-state index in [1.807, 2.05) is 0 Å². The summed E-state index contributed by atoms with van der Waals surface area (Å²) >= 11 is 5.31. The molecular formula is C25H29I2N2+. The van der Waals surface area contributed by atoms with Crippen LogP contribution in [-0.4, -0.2) is 32.2 Å². The number of alkyl halides is 2. The first kappa shape index (κ1) is 21.3. The average molecular weight is 611 g/mol. The van der Waals surface area contributed by atoms with E-state index in [1.165, 1.54) is 33.9 Å². The van der Waals surface area contributed by atoms with E-state index in [9.17, 15) is 0 Å². The molecule has 0 fully saturated rings. The zero-order valence-electron chi connectivity index (χ0n) is 18.0. The highest BCUT2D eigenvalue weighted by atomic mass is 127. The van der Waals surface area contributed by atoms with Gasteiger partial charge in [0.25, 0.3) is 0 Å². The first-order chi connectivity index (χ1) is 13.6. The van der Waals surface area contributed by atoms with Crippen molar-refractivity contribution in [3.63, 3.8) is 0 Å². The van der Waals surface area contributed by atoms with Crippen molar-refractivity contribution in [2.24, 2.45) is 0 Å². The molecule has 0 N–H and O–H groups in total.